The van der Waals surface area contributed by atoms with E-state index in [1.807, 2.05) is 6.92 Å². The van der Waals surface area contributed by atoms with Crippen molar-refractivity contribution in [2.45, 2.75) is 37.4 Å². The number of hydrogen-bond donors (Lipinski definition) is 0. The van der Waals surface area contributed by atoms with E-state index in [0.717, 1.165) is 6.42 Å². The fraction of sp³-hybridized carbons (Fsp3) is 0.500. The molecule has 20 heavy (non-hydrogen) atoms. The summed E-state index contributed by atoms with van der Waals surface area (Å²) in [6, 6.07) is 5.35. The Kier molecular flexibility index (Phi) is 4.00. The molecular weight excluding hydrogens is 293 g/mol. The van der Waals surface area contributed by atoms with Gasteiger partial charge in [0.05, 0.1) is 0 Å². The zero-order valence-electron chi connectivity index (χ0n) is 10.8. The molecule has 1 unspecified atom stereocenters. The summed E-state index contributed by atoms with van der Waals surface area (Å²) in [5.41, 5.74) is 0.359. The van der Waals surface area contributed by atoms with Crippen LogP contribution in [0.4, 0.5) is 13.2 Å². The van der Waals surface area contributed by atoms with E-state index in [-0.39, 0.29) is 17.5 Å². The van der Waals surface area contributed by atoms with Crippen LogP contribution in [0.25, 0.3) is 0 Å². The molecule has 1 aliphatic carbocycles. The number of carbonyl (C=O) groups is 1. The Morgan fingerprint density at radius 1 is 1.40 bits per heavy atom. The summed E-state index contributed by atoms with van der Waals surface area (Å²) in [5.74, 6) is -0.264. The van der Waals surface area contributed by atoms with Gasteiger partial charge in [-0.2, -0.15) is 0 Å². The van der Waals surface area contributed by atoms with Crippen LogP contribution in [-0.2, 0) is 9.67 Å². The minimum absolute atomic E-state index is 0.151. The lowest BCUT2D eigenvalue weighted by Crippen LogP contribution is -2.36. The zero-order valence-corrected chi connectivity index (χ0v) is 11.6. The second-order valence-electron chi connectivity index (χ2n) is 5.15. The van der Waals surface area contributed by atoms with E-state index in [0.29, 0.717) is 18.4 Å². The zero-order chi connectivity index (χ0) is 15.0. The van der Waals surface area contributed by atoms with Crippen molar-refractivity contribution in [1.29, 1.82) is 0 Å². The van der Waals surface area contributed by atoms with Crippen molar-refractivity contribution in [3.8, 4) is 5.75 Å². The molecule has 1 aliphatic rings. The van der Waals surface area contributed by atoms with Crippen molar-refractivity contribution in [3.63, 3.8) is 0 Å². The Morgan fingerprint density at radius 2 is 2.10 bits per heavy atom. The van der Waals surface area contributed by atoms with E-state index in [2.05, 4.69) is 4.74 Å². The molecular formula is C14H14ClF3O2. The molecule has 110 valence electrons. The Morgan fingerprint density at radius 3 is 2.75 bits per heavy atom. The lowest BCUT2D eigenvalue weighted by Gasteiger charge is -2.33. The van der Waals surface area contributed by atoms with Crippen molar-refractivity contribution < 1.29 is 22.7 Å². The summed E-state index contributed by atoms with van der Waals surface area (Å²) in [4.78, 5) is 10.8. The summed E-state index contributed by atoms with van der Waals surface area (Å²) in [6.45, 7) is 1.97. The third-order valence-electron chi connectivity index (χ3n) is 3.46. The minimum Gasteiger partial charge on any atom is -0.406 e. The lowest BCUT2D eigenvalue weighted by atomic mass is 9.77. The molecule has 6 heteroatoms. The van der Waals surface area contributed by atoms with Crippen LogP contribution in [-0.4, -0.2) is 12.1 Å². The maximum atomic E-state index is 12.2. The molecule has 0 heterocycles. The van der Waals surface area contributed by atoms with E-state index >= 15 is 0 Å². The summed E-state index contributed by atoms with van der Waals surface area (Å²) in [5, 5.41) is 0. The van der Waals surface area contributed by atoms with Gasteiger partial charge in [0, 0.05) is 6.42 Å². The number of alkyl halides is 4. The van der Waals surface area contributed by atoms with Gasteiger partial charge in [-0.05, 0) is 36.5 Å². The molecule has 0 radical (unpaired) electrons. The fourth-order valence-corrected chi connectivity index (χ4v) is 2.97. The molecule has 0 aromatic heterocycles. The second-order valence-corrected chi connectivity index (χ2v) is 5.79. The van der Waals surface area contributed by atoms with Gasteiger partial charge < -0.3 is 4.74 Å². The summed E-state index contributed by atoms with van der Waals surface area (Å²) in [6.07, 6.45) is -3.24. The standard InChI is InChI=1S/C14H14ClF3O2/c1-9-5-6-12(19)13(15,8-9)10-3-2-4-11(7-10)20-14(16,17)18/h2-4,7,9H,5-6,8H2,1H3/t9-,13?/m0/s1. The normalized spacial score (nSPS) is 27.4. The molecule has 1 aromatic rings. The number of benzene rings is 1. The molecule has 1 fully saturated rings. The number of carbonyl (C=O) groups excluding carboxylic acids is 1. The van der Waals surface area contributed by atoms with Crippen molar-refractivity contribution in [2.24, 2.45) is 5.92 Å². The highest BCUT2D eigenvalue weighted by molar-refractivity contribution is 6.35. The third kappa shape index (κ3) is 3.26. The topological polar surface area (TPSA) is 26.3 Å². The van der Waals surface area contributed by atoms with E-state index in [1.165, 1.54) is 18.2 Å². The predicted octanol–water partition coefficient (Wildman–Crippen LogP) is 4.41. The molecule has 0 amide bonds. The van der Waals surface area contributed by atoms with Crippen LogP contribution in [0.15, 0.2) is 24.3 Å². The predicted molar refractivity (Wildman–Crippen MR) is 68.7 cm³/mol. The summed E-state index contributed by atoms with van der Waals surface area (Å²) < 4.78 is 40.6. The van der Waals surface area contributed by atoms with Gasteiger partial charge in [0.25, 0.3) is 0 Å². The quantitative estimate of drug-likeness (QED) is 0.757. The second kappa shape index (κ2) is 5.28. The molecule has 0 saturated heterocycles. The van der Waals surface area contributed by atoms with Gasteiger partial charge in [-0.15, -0.1) is 24.8 Å². The van der Waals surface area contributed by atoms with Crippen LogP contribution < -0.4 is 4.74 Å². The summed E-state index contributed by atoms with van der Waals surface area (Å²) in [7, 11) is 0. The summed E-state index contributed by atoms with van der Waals surface area (Å²) >= 11 is 6.40. The Hall–Kier alpha value is -1.23. The van der Waals surface area contributed by atoms with Gasteiger partial charge in [-0.1, -0.05) is 19.1 Å². The number of ether oxygens (including phenoxy) is 1. The van der Waals surface area contributed by atoms with Gasteiger partial charge in [0.1, 0.15) is 10.6 Å². The first-order chi connectivity index (χ1) is 9.21. The van der Waals surface area contributed by atoms with Crippen molar-refractivity contribution in [2.75, 3.05) is 0 Å². The molecule has 1 saturated carbocycles. The number of ketones is 1. The van der Waals surface area contributed by atoms with Gasteiger partial charge >= 0.3 is 6.36 Å². The SMILES string of the molecule is C[C@H]1CCC(=O)C(Cl)(c2cccc(OC(F)(F)F)c2)C1. The average molecular weight is 307 g/mol. The van der Waals surface area contributed by atoms with Crippen LogP contribution in [0.3, 0.4) is 0 Å². The number of hydrogen-bond acceptors (Lipinski definition) is 2. The first-order valence-corrected chi connectivity index (χ1v) is 6.67. The maximum absolute atomic E-state index is 12.2. The van der Waals surface area contributed by atoms with Crippen LogP contribution >= 0.6 is 11.6 Å². The molecule has 2 nitrogen and oxygen atoms in total. The molecule has 2 atom stereocenters. The molecule has 2 rings (SSSR count). The van der Waals surface area contributed by atoms with Gasteiger partial charge in [-0.25, -0.2) is 0 Å². The smallest absolute Gasteiger partial charge is 0.406 e. The number of Topliss-reactive ketones (excluding diaryl/α,β-unsaturated/α-hetero) is 1. The number of rotatable bonds is 2. The molecule has 1 aromatic carbocycles. The average Bonchev–Trinajstić information content (AvgIpc) is 2.32. The largest absolute Gasteiger partial charge is 0.573 e. The van der Waals surface area contributed by atoms with Crippen molar-refractivity contribution in [1.82, 2.24) is 0 Å². The first-order valence-electron chi connectivity index (χ1n) is 6.29. The van der Waals surface area contributed by atoms with Crippen LogP contribution in [0.1, 0.15) is 31.7 Å². The molecule has 0 aliphatic heterocycles. The van der Waals surface area contributed by atoms with Gasteiger partial charge in [0.15, 0.2) is 5.78 Å². The Balaban J connectivity index is 2.32. The van der Waals surface area contributed by atoms with Gasteiger partial charge in [0.2, 0.25) is 0 Å². The first kappa shape index (κ1) is 15.2. The van der Waals surface area contributed by atoms with Crippen molar-refractivity contribution in [3.05, 3.63) is 29.8 Å². The number of halogens is 4. The highest BCUT2D eigenvalue weighted by Gasteiger charge is 2.42. The minimum atomic E-state index is -4.76. The van der Waals surface area contributed by atoms with Crippen LogP contribution in [0, 0.1) is 5.92 Å². The van der Waals surface area contributed by atoms with Crippen LogP contribution in [0.2, 0.25) is 0 Å². The lowest BCUT2D eigenvalue weighted by molar-refractivity contribution is -0.274. The highest BCUT2D eigenvalue weighted by atomic mass is 35.5. The molecule has 0 bridgehead atoms. The molecule has 0 spiro atoms. The van der Waals surface area contributed by atoms with E-state index < -0.39 is 11.2 Å². The Bertz CT molecular complexity index is 515. The highest BCUT2D eigenvalue weighted by Crippen LogP contribution is 2.43. The van der Waals surface area contributed by atoms with Crippen molar-refractivity contribution >= 4 is 17.4 Å². The van der Waals surface area contributed by atoms with Gasteiger partial charge in [-0.3, -0.25) is 4.79 Å². The fourth-order valence-electron chi connectivity index (χ4n) is 2.49. The third-order valence-corrected chi connectivity index (χ3v) is 4.04. The maximum Gasteiger partial charge on any atom is 0.573 e. The van der Waals surface area contributed by atoms with E-state index in [1.54, 1.807) is 6.07 Å². The molecule has 0 N–H and O–H groups in total. The van der Waals surface area contributed by atoms with E-state index in [9.17, 15) is 18.0 Å². The van der Waals surface area contributed by atoms with Crippen LogP contribution in [0.5, 0.6) is 5.75 Å². The van der Waals surface area contributed by atoms with E-state index in [4.69, 9.17) is 11.6 Å². The monoisotopic (exact) mass is 306 g/mol. The Labute approximate surface area is 119 Å².